The second-order valence-electron chi connectivity index (χ2n) is 5.55. The van der Waals surface area contributed by atoms with Crippen LogP contribution >= 0.6 is 0 Å². The molecular weight excluding hydrogens is 264 g/mol. The van der Waals surface area contributed by atoms with Crippen LogP contribution in [0.2, 0.25) is 0 Å². The molecule has 0 aliphatic carbocycles. The van der Waals surface area contributed by atoms with E-state index in [0.717, 1.165) is 34.0 Å². The van der Waals surface area contributed by atoms with E-state index < -0.39 is 0 Å². The molecule has 0 spiro atoms. The molecule has 0 unspecified atom stereocenters. The maximum Gasteiger partial charge on any atom is 0.198 e. The number of hydrogen-bond acceptors (Lipinski definition) is 2. The predicted octanol–water partition coefficient (Wildman–Crippen LogP) is 2.79. The Morgan fingerprint density at radius 2 is 2.05 bits per heavy atom. The van der Waals surface area contributed by atoms with E-state index in [0.29, 0.717) is 6.61 Å². The van der Waals surface area contributed by atoms with Crippen molar-refractivity contribution in [3.8, 4) is 0 Å². The van der Waals surface area contributed by atoms with Crippen molar-refractivity contribution in [3.63, 3.8) is 0 Å². The molecule has 2 aliphatic rings. The van der Waals surface area contributed by atoms with Gasteiger partial charge in [-0.05, 0) is 23.8 Å². The number of fused-ring (bicyclic) bond motifs is 5. The third kappa shape index (κ3) is 1.36. The summed E-state index contributed by atoms with van der Waals surface area (Å²) < 4.78 is 7.50. The minimum atomic E-state index is 0.0926. The molecule has 102 valence electrons. The first-order chi connectivity index (χ1) is 10.3. The zero-order chi connectivity index (χ0) is 14.0. The lowest BCUT2D eigenvalue weighted by molar-refractivity contribution is 0.302. The van der Waals surface area contributed by atoms with Crippen LogP contribution in [-0.4, -0.2) is 16.2 Å². The molecule has 2 aliphatic heterocycles. The highest BCUT2D eigenvalue weighted by molar-refractivity contribution is 5.96. The van der Waals surface area contributed by atoms with Gasteiger partial charge in [0, 0.05) is 22.7 Å². The molecule has 0 fully saturated rings. The first-order valence-electron chi connectivity index (χ1n) is 6.97. The molecule has 1 aromatic carbocycles. The van der Waals surface area contributed by atoms with Gasteiger partial charge in [-0.15, -0.1) is 0 Å². The van der Waals surface area contributed by atoms with Crippen molar-refractivity contribution in [3.05, 3.63) is 63.8 Å². The summed E-state index contributed by atoms with van der Waals surface area (Å²) in [5.74, 6) is 0. The highest BCUT2D eigenvalue weighted by Gasteiger charge is 2.22. The highest BCUT2D eigenvalue weighted by Crippen LogP contribution is 2.32. The van der Waals surface area contributed by atoms with Crippen LogP contribution in [0.15, 0.2) is 52.7 Å². The molecule has 21 heavy (non-hydrogen) atoms. The Morgan fingerprint density at radius 1 is 1.14 bits per heavy atom. The predicted molar refractivity (Wildman–Crippen MR) is 82.1 cm³/mol. The maximum atomic E-state index is 12.7. The standard InChI is InChI=1S/C17H12N2O2/c20-17-12-3-1-2-4-14(12)18-16-13(17)7-19-6-11-9-21-8-10(11)5-15(16)19/h1-5,7,9,18H,6,8H2. The van der Waals surface area contributed by atoms with Gasteiger partial charge in [0.15, 0.2) is 5.43 Å². The van der Waals surface area contributed by atoms with Crippen molar-refractivity contribution in [1.82, 2.24) is 9.55 Å². The summed E-state index contributed by atoms with van der Waals surface area (Å²) in [6.45, 7) is 1.39. The van der Waals surface area contributed by atoms with E-state index in [1.54, 1.807) is 0 Å². The fraction of sp³-hybridized carbons (Fsp3) is 0.118. The molecule has 3 aromatic rings. The van der Waals surface area contributed by atoms with E-state index in [9.17, 15) is 4.79 Å². The number of H-pyrrole nitrogens is 1. The van der Waals surface area contributed by atoms with Crippen LogP contribution in [0.1, 0.15) is 5.69 Å². The molecule has 1 N–H and O–H groups in total. The fourth-order valence-corrected chi connectivity index (χ4v) is 3.25. The van der Waals surface area contributed by atoms with E-state index in [1.807, 2.05) is 36.7 Å². The molecule has 0 atom stereocenters. The summed E-state index contributed by atoms with van der Waals surface area (Å²) in [7, 11) is 0. The van der Waals surface area contributed by atoms with Gasteiger partial charge in [0.2, 0.25) is 0 Å². The van der Waals surface area contributed by atoms with Crippen LogP contribution in [0.5, 0.6) is 0 Å². The molecule has 0 saturated carbocycles. The van der Waals surface area contributed by atoms with Gasteiger partial charge < -0.3 is 14.3 Å². The normalized spacial score (nSPS) is 16.4. The third-order valence-corrected chi connectivity index (χ3v) is 4.32. The molecule has 4 heterocycles. The third-order valence-electron chi connectivity index (χ3n) is 4.32. The SMILES string of the molecule is O=c1c2ccccc2[nH]c2c3n(cc12)CC1=COCC1=C3. The number of rotatable bonds is 0. The number of para-hydroxylation sites is 1. The van der Waals surface area contributed by atoms with E-state index in [-0.39, 0.29) is 5.43 Å². The largest absolute Gasteiger partial charge is 0.496 e. The number of hydrogen-bond donors (Lipinski definition) is 1. The highest BCUT2D eigenvalue weighted by atomic mass is 16.5. The minimum Gasteiger partial charge on any atom is -0.496 e. The number of nitrogens with one attached hydrogen (secondary N) is 1. The summed E-state index contributed by atoms with van der Waals surface area (Å²) in [5.41, 5.74) is 5.35. The van der Waals surface area contributed by atoms with Crippen LogP contribution in [0.4, 0.5) is 0 Å². The van der Waals surface area contributed by atoms with Gasteiger partial charge in [-0.3, -0.25) is 4.79 Å². The summed E-state index contributed by atoms with van der Waals surface area (Å²) in [6.07, 6.45) is 5.88. The molecule has 0 radical (unpaired) electrons. The van der Waals surface area contributed by atoms with Crippen molar-refractivity contribution >= 4 is 27.9 Å². The summed E-state index contributed by atoms with van der Waals surface area (Å²) in [4.78, 5) is 16.1. The number of pyridine rings is 1. The Labute approximate surface area is 120 Å². The van der Waals surface area contributed by atoms with Gasteiger partial charge in [-0.2, -0.15) is 0 Å². The molecule has 2 aromatic heterocycles. The summed E-state index contributed by atoms with van der Waals surface area (Å²) in [5, 5.41) is 1.49. The first-order valence-corrected chi connectivity index (χ1v) is 6.97. The van der Waals surface area contributed by atoms with Crippen LogP contribution in [0.3, 0.4) is 0 Å². The van der Waals surface area contributed by atoms with Gasteiger partial charge in [-0.25, -0.2) is 0 Å². The quantitative estimate of drug-likeness (QED) is 0.686. The Bertz CT molecular complexity index is 1030. The van der Waals surface area contributed by atoms with Crippen LogP contribution in [0.25, 0.3) is 27.9 Å². The lowest BCUT2D eigenvalue weighted by atomic mass is 10.0. The van der Waals surface area contributed by atoms with Gasteiger partial charge >= 0.3 is 0 Å². The number of aromatic nitrogens is 2. The molecule has 4 heteroatoms. The fourth-order valence-electron chi connectivity index (χ4n) is 3.25. The van der Waals surface area contributed by atoms with Gasteiger partial charge in [-0.1, -0.05) is 12.1 Å². The second-order valence-corrected chi connectivity index (χ2v) is 5.55. The maximum absolute atomic E-state index is 12.7. The summed E-state index contributed by atoms with van der Waals surface area (Å²) in [6, 6.07) is 7.65. The number of aromatic amines is 1. The van der Waals surface area contributed by atoms with Gasteiger partial charge in [0.1, 0.15) is 6.61 Å². The molecule has 0 saturated heterocycles. The minimum absolute atomic E-state index is 0.0926. The second kappa shape index (κ2) is 3.67. The molecular formula is C17H12N2O2. The average Bonchev–Trinajstić information content (AvgIpc) is 3.09. The van der Waals surface area contributed by atoms with E-state index in [1.165, 1.54) is 11.1 Å². The lowest BCUT2D eigenvalue weighted by Gasteiger charge is -2.14. The monoisotopic (exact) mass is 276 g/mol. The number of nitrogens with zero attached hydrogens (tertiary/aromatic N) is 1. The topological polar surface area (TPSA) is 47.0 Å². The van der Waals surface area contributed by atoms with E-state index >= 15 is 0 Å². The first kappa shape index (κ1) is 11.0. The molecule has 5 rings (SSSR count). The van der Waals surface area contributed by atoms with Gasteiger partial charge in [0.25, 0.3) is 0 Å². The van der Waals surface area contributed by atoms with Gasteiger partial charge in [0.05, 0.1) is 29.4 Å². The number of benzene rings is 1. The van der Waals surface area contributed by atoms with Crippen molar-refractivity contribution in [2.45, 2.75) is 6.54 Å². The zero-order valence-electron chi connectivity index (χ0n) is 11.2. The molecule has 0 amide bonds. The van der Waals surface area contributed by atoms with Crippen molar-refractivity contribution in [2.75, 3.05) is 6.61 Å². The lowest BCUT2D eigenvalue weighted by Crippen LogP contribution is -2.08. The van der Waals surface area contributed by atoms with Crippen molar-refractivity contribution < 1.29 is 4.74 Å². The smallest absolute Gasteiger partial charge is 0.198 e. The number of ether oxygens (including phenoxy) is 1. The van der Waals surface area contributed by atoms with Crippen molar-refractivity contribution in [1.29, 1.82) is 0 Å². The Balaban J connectivity index is 1.92. The zero-order valence-corrected chi connectivity index (χ0v) is 11.2. The summed E-state index contributed by atoms with van der Waals surface area (Å²) >= 11 is 0. The Kier molecular flexibility index (Phi) is 1.91. The van der Waals surface area contributed by atoms with Crippen LogP contribution in [0, 0.1) is 0 Å². The Morgan fingerprint density at radius 3 is 3.00 bits per heavy atom. The van der Waals surface area contributed by atoms with Crippen molar-refractivity contribution in [2.24, 2.45) is 0 Å². The van der Waals surface area contributed by atoms with Crippen LogP contribution in [-0.2, 0) is 11.3 Å². The Hall–Kier alpha value is -2.75. The average molecular weight is 276 g/mol. The molecule has 4 nitrogen and oxygen atoms in total. The molecule has 0 bridgehead atoms. The van der Waals surface area contributed by atoms with E-state index in [4.69, 9.17) is 4.74 Å². The van der Waals surface area contributed by atoms with Crippen LogP contribution < -0.4 is 5.43 Å². The van der Waals surface area contributed by atoms with E-state index in [2.05, 4.69) is 15.6 Å².